The molecule has 100 valence electrons. The highest BCUT2D eigenvalue weighted by Gasteiger charge is 2.17. The minimum atomic E-state index is 1.34. The molecule has 0 amide bonds. The van der Waals surface area contributed by atoms with Gasteiger partial charge in [-0.2, -0.15) is 0 Å². The second kappa shape index (κ2) is 4.79. The summed E-state index contributed by atoms with van der Waals surface area (Å²) in [6.07, 6.45) is 0. The van der Waals surface area contributed by atoms with Crippen molar-refractivity contribution in [3.63, 3.8) is 0 Å². The monoisotopic (exact) mass is 260 g/mol. The van der Waals surface area contributed by atoms with Gasteiger partial charge in [0.05, 0.1) is 0 Å². The van der Waals surface area contributed by atoms with Crippen molar-refractivity contribution in [3.05, 3.63) is 70.8 Å². The van der Waals surface area contributed by atoms with Gasteiger partial charge in [0.1, 0.15) is 0 Å². The first-order valence-corrected chi connectivity index (χ1v) is 7.15. The molecule has 0 aromatic heterocycles. The van der Waals surface area contributed by atoms with Crippen LogP contribution in [-0.4, -0.2) is 0 Å². The van der Waals surface area contributed by atoms with E-state index in [9.17, 15) is 0 Å². The quantitative estimate of drug-likeness (QED) is 0.548. The molecule has 0 saturated carbocycles. The van der Waals surface area contributed by atoms with Crippen LogP contribution >= 0.6 is 0 Å². The summed E-state index contributed by atoms with van der Waals surface area (Å²) in [5.41, 5.74) is 10.9. The first-order chi connectivity index (χ1) is 9.61. The van der Waals surface area contributed by atoms with E-state index in [-0.39, 0.29) is 0 Å². The minimum Gasteiger partial charge on any atom is -0.0616 e. The normalized spacial score (nSPS) is 14.6. The van der Waals surface area contributed by atoms with Gasteiger partial charge < -0.3 is 0 Å². The lowest BCUT2D eigenvalue weighted by atomic mass is 9.83. The van der Waals surface area contributed by atoms with Crippen LogP contribution in [-0.2, 0) is 0 Å². The number of allylic oxidation sites excluding steroid dienone is 4. The maximum absolute atomic E-state index is 2.24. The number of fused-ring (bicyclic) bond motifs is 3. The van der Waals surface area contributed by atoms with Gasteiger partial charge in [-0.25, -0.2) is 0 Å². The molecule has 0 atom stereocenters. The van der Waals surface area contributed by atoms with Gasteiger partial charge in [0.2, 0.25) is 0 Å². The Morgan fingerprint density at radius 2 is 0.700 bits per heavy atom. The maximum Gasteiger partial charge on any atom is -0.0103 e. The van der Waals surface area contributed by atoms with Gasteiger partial charge in [-0.1, -0.05) is 48.5 Å². The summed E-state index contributed by atoms with van der Waals surface area (Å²) in [5.74, 6) is 0. The van der Waals surface area contributed by atoms with Crippen LogP contribution in [0.1, 0.15) is 38.8 Å². The Balaban J connectivity index is 2.48. The molecule has 1 aliphatic rings. The van der Waals surface area contributed by atoms with E-state index >= 15 is 0 Å². The van der Waals surface area contributed by atoms with Crippen molar-refractivity contribution >= 4 is 11.1 Å². The lowest BCUT2D eigenvalue weighted by molar-refractivity contribution is 1.30. The molecule has 0 N–H and O–H groups in total. The van der Waals surface area contributed by atoms with Crippen LogP contribution in [0.15, 0.2) is 59.7 Å². The fourth-order valence-corrected chi connectivity index (χ4v) is 3.06. The molecule has 2 aromatic rings. The third kappa shape index (κ3) is 1.84. The van der Waals surface area contributed by atoms with E-state index in [1.165, 1.54) is 44.5 Å². The van der Waals surface area contributed by atoms with Crippen LogP contribution in [0.3, 0.4) is 0 Å². The lowest BCUT2D eigenvalue weighted by Gasteiger charge is -2.22. The predicted molar refractivity (Wildman–Crippen MR) is 88.4 cm³/mol. The van der Waals surface area contributed by atoms with Gasteiger partial charge in [-0.05, 0) is 72.2 Å². The SMILES string of the molecule is CC1=C(C)c2ccccc2-c2ccccc2C(C)=C1C. The van der Waals surface area contributed by atoms with Crippen LogP contribution < -0.4 is 0 Å². The molecule has 0 unspecified atom stereocenters. The molecule has 0 bridgehead atoms. The molecule has 20 heavy (non-hydrogen) atoms. The molecule has 1 aliphatic carbocycles. The van der Waals surface area contributed by atoms with Gasteiger partial charge in [0, 0.05) is 0 Å². The number of benzene rings is 2. The van der Waals surface area contributed by atoms with Crippen LogP contribution in [0.25, 0.3) is 22.3 Å². The summed E-state index contributed by atoms with van der Waals surface area (Å²) in [6, 6.07) is 17.5. The van der Waals surface area contributed by atoms with E-state index in [1.54, 1.807) is 0 Å². The molecule has 0 saturated heterocycles. The number of hydrogen-bond donors (Lipinski definition) is 0. The molecule has 3 rings (SSSR count). The highest BCUT2D eigenvalue weighted by molar-refractivity contribution is 5.93. The summed E-state index contributed by atoms with van der Waals surface area (Å²) in [4.78, 5) is 0. The third-order valence-electron chi connectivity index (χ3n) is 4.64. The maximum atomic E-state index is 2.24. The van der Waals surface area contributed by atoms with Gasteiger partial charge in [-0.15, -0.1) is 0 Å². The smallest absolute Gasteiger partial charge is 0.0103 e. The molecule has 0 aliphatic heterocycles. The first-order valence-electron chi connectivity index (χ1n) is 7.15. The van der Waals surface area contributed by atoms with Crippen LogP contribution in [0.2, 0.25) is 0 Å². The molecular formula is C20H20. The summed E-state index contributed by atoms with van der Waals surface area (Å²) >= 11 is 0. The Kier molecular flexibility index (Phi) is 3.10. The molecule has 0 fully saturated rings. The summed E-state index contributed by atoms with van der Waals surface area (Å²) in [5, 5.41) is 0. The zero-order valence-corrected chi connectivity index (χ0v) is 12.6. The highest BCUT2D eigenvalue weighted by atomic mass is 14.2. The van der Waals surface area contributed by atoms with Crippen LogP contribution in [0.4, 0.5) is 0 Å². The van der Waals surface area contributed by atoms with Crippen LogP contribution in [0, 0.1) is 0 Å². The van der Waals surface area contributed by atoms with E-state index in [0.29, 0.717) is 0 Å². The zero-order valence-electron chi connectivity index (χ0n) is 12.6. The molecule has 0 heteroatoms. The van der Waals surface area contributed by atoms with Crippen molar-refractivity contribution in [3.8, 4) is 11.1 Å². The van der Waals surface area contributed by atoms with Gasteiger partial charge >= 0.3 is 0 Å². The molecule has 2 aromatic carbocycles. The van der Waals surface area contributed by atoms with Gasteiger partial charge in [-0.3, -0.25) is 0 Å². The van der Waals surface area contributed by atoms with Crippen molar-refractivity contribution in [2.45, 2.75) is 27.7 Å². The van der Waals surface area contributed by atoms with E-state index in [4.69, 9.17) is 0 Å². The van der Waals surface area contributed by atoms with E-state index in [1.807, 2.05) is 0 Å². The standard InChI is InChI=1S/C20H20/c1-13-14(2)16(4)18-10-6-8-12-20(18)19-11-7-5-9-17(19)15(13)3/h5-12H,1-4H3. The van der Waals surface area contributed by atoms with Crippen molar-refractivity contribution in [2.24, 2.45) is 0 Å². The van der Waals surface area contributed by atoms with Crippen molar-refractivity contribution in [1.82, 2.24) is 0 Å². The molecule has 0 radical (unpaired) electrons. The molecule has 0 spiro atoms. The molecule has 0 nitrogen and oxygen atoms in total. The van der Waals surface area contributed by atoms with Crippen molar-refractivity contribution < 1.29 is 0 Å². The van der Waals surface area contributed by atoms with Crippen molar-refractivity contribution in [2.75, 3.05) is 0 Å². The molecule has 0 heterocycles. The van der Waals surface area contributed by atoms with E-state index < -0.39 is 0 Å². The highest BCUT2D eigenvalue weighted by Crippen LogP contribution is 2.40. The topological polar surface area (TPSA) is 0 Å². The summed E-state index contributed by atoms with van der Waals surface area (Å²) in [7, 11) is 0. The van der Waals surface area contributed by atoms with Gasteiger partial charge in [0.25, 0.3) is 0 Å². The average Bonchev–Trinajstić information content (AvgIpc) is 2.51. The van der Waals surface area contributed by atoms with Crippen LogP contribution in [0.5, 0.6) is 0 Å². The largest absolute Gasteiger partial charge is 0.0616 e. The fourth-order valence-electron chi connectivity index (χ4n) is 3.06. The molecular weight excluding hydrogens is 240 g/mol. The number of hydrogen-bond acceptors (Lipinski definition) is 0. The Hall–Kier alpha value is -2.08. The Morgan fingerprint density at radius 3 is 1.05 bits per heavy atom. The average molecular weight is 260 g/mol. The summed E-state index contributed by atoms with van der Waals surface area (Å²) < 4.78 is 0. The third-order valence-corrected chi connectivity index (χ3v) is 4.64. The first kappa shape index (κ1) is 12.9. The van der Waals surface area contributed by atoms with E-state index in [2.05, 4.69) is 76.2 Å². The minimum absolute atomic E-state index is 1.34. The van der Waals surface area contributed by atoms with Gasteiger partial charge in [0.15, 0.2) is 0 Å². The summed E-state index contributed by atoms with van der Waals surface area (Å²) in [6.45, 7) is 8.94. The predicted octanol–water partition coefficient (Wildman–Crippen LogP) is 5.95. The second-order valence-corrected chi connectivity index (χ2v) is 5.59. The Bertz CT molecular complexity index is 677. The zero-order chi connectivity index (χ0) is 14.3. The van der Waals surface area contributed by atoms with Crippen molar-refractivity contribution in [1.29, 1.82) is 0 Å². The van der Waals surface area contributed by atoms with E-state index in [0.717, 1.165) is 0 Å². The Morgan fingerprint density at radius 1 is 0.400 bits per heavy atom. The fraction of sp³-hybridized carbons (Fsp3) is 0.200. The Labute approximate surface area is 121 Å². The lowest BCUT2D eigenvalue weighted by Crippen LogP contribution is -1.99. The number of rotatable bonds is 0. The second-order valence-electron chi connectivity index (χ2n) is 5.59.